The van der Waals surface area contributed by atoms with E-state index in [1.54, 1.807) is 18.4 Å². The number of aryl methyl sites for hydroxylation is 3. The van der Waals surface area contributed by atoms with Gasteiger partial charge in [0.1, 0.15) is 17.4 Å². The van der Waals surface area contributed by atoms with Crippen molar-refractivity contribution in [3.05, 3.63) is 56.9 Å². The van der Waals surface area contributed by atoms with Gasteiger partial charge in [-0.05, 0) is 45.4 Å². The smallest absolute Gasteiger partial charge is 0.161 e. The first-order valence-electron chi connectivity index (χ1n) is 8.84. The summed E-state index contributed by atoms with van der Waals surface area (Å²) >= 11 is 1.68. The van der Waals surface area contributed by atoms with Gasteiger partial charge in [-0.25, -0.2) is 4.98 Å². The van der Waals surface area contributed by atoms with Gasteiger partial charge in [0, 0.05) is 17.6 Å². The molecule has 6 nitrogen and oxygen atoms in total. The Hall–Kier alpha value is -2.38. The third kappa shape index (κ3) is 4.67. The quantitative estimate of drug-likeness (QED) is 0.614. The maximum absolute atomic E-state index is 5.93. The van der Waals surface area contributed by atoms with E-state index in [0.717, 1.165) is 39.8 Å². The van der Waals surface area contributed by atoms with Gasteiger partial charge in [0.25, 0.3) is 0 Å². The van der Waals surface area contributed by atoms with Crippen molar-refractivity contribution in [2.45, 2.75) is 46.9 Å². The molecule has 0 amide bonds. The molecule has 0 aliphatic carbocycles. The second-order valence-electron chi connectivity index (χ2n) is 6.51. The molecule has 0 saturated carbocycles. The molecule has 0 aliphatic rings. The van der Waals surface area contributed by atoms with Gasteiger partial charge in [0.15, 0.2) is 11.5 Å². The number of nitrogens with zero attached hydrogens (tertiary/aromatic N) is 2. The average molecular weight is 388 g/mol. The Balaban J connectivity index is 1.63. The predicted molar refractivity (Wildman–Crippen MR) is 105 cm³/mol. The number of rotatable bonds is 8. The summed E-state index contributed by atoms with van der Waals surface area (Å²) in [5.41, 5.74) is 4.00. The van der Waals surface area contributed by atoms with E-state index in [0.29, 0.717) is 18.1 Å². The highest BCUT2D eigenvalue weighted by molar-refractivity contribution is 7.09. The Morgan fingerprint density at radius 3 is 2.67 bits per heavy atom. The standard InChI is InChI=1S/C20H25N3O3S/c1-12-11-27-20(22-12)14(3)21-9-16-6-7-18(19(8-16)24-5)25-10-17-13(2)23-26-15(17)4/h6-8,11,14,21H,9-10H2,1-5H3. The van der Waals surface area contributed by atoms with Crippen LogP contribution >= 0.6 is 11.3 Å². The van der Waals surface area contributed by atoms with Crippen molar-refractivity contribution in [2.75, 3.05) is 7.11 Å². The molecule has 1 atom stereocenters. The summed E-state index contributed by atoms with van der Waals surface area (Å²) in [6.45, 7) is 9.05. The molecule has 27 heavy (non-hydrogen) atoms. The van der Waals surface area contributed by atoms with Crippen LogP contribution in [-0.2, 0) is 13.2 Å². The maximum atomic E-state index is 5.93. The zero-order chi connectivity index (χ0) is 19.4. The van der Waals surface area contributed by atoms with E-state index in [2.05, 4.69) is 27.8 Å². The highest BCUT2D eigenvalue weighted by Crippen LogP contribution is 2.30. The Kier molecular flexibility index (Phi) is 6.13. The van der Waals surface area contributed by atoms with E-state index in [9.17, 15) is 0 Å². The van der Waals surface area contributed by atoms with Crippen molar-refractivity contribution in [1.29, 1.82) is 0 Å². The van der Waals surface area contributed by atoms with Gasteiger partial charge in [-0.2, -0.15) is 0 Å². The largest absolute Gasteiger partial charge is 0.493 e. The molecule has 3 aromatic rings. The van der Waals surface area contributed by atoms with Crippen LogP contribution in [0.4, 0.5) is 0 Å². The van der Waals surface area contributed by atoms with Crippen LogP contribution < -0.4 is 14.8 Å². The van der Waals surface area contributed by atoms with E-state index >= 15 is 0 Å². The first kappa shape index (κ1) is 19.4. The Morgan fingerprint density at radius 1 is 1.22 bits per heavy atom. The summed E-state index contributed by atoms with van der Waals surface area (Å²) in [6.07, 6.45) is 0. The van der Waals surface area contributed by atoms with Crippen molar-refractivity contribution in [3.63, 3.8) is 0 Å². The molecule has 2 aromatic heterocycles. The number of thiazole rings is 1. The van der Waals surface area contributed by atoms with Gasteiger partial charge in [0.2, 0.25) is 0 Å². The van der Waals surface area contributed by atoms with E-state index in [1.165, 1.54) is 0 Å². The monoisotopic (exact) mass is 387 g/mol. The highest BCUT2D eigenvalue weighted by Gasteiger charge is 2.13. The van der Waals surface area contributed by atoms with Crippen LogP contribution in [0.2, 0.25) is 0 Å². The van der Waals surface area contributed by atoms with E-state index < -0.39 is 0 Å². The molecule has 0 spiro atoms. The fourth-order valence-electron chi connectivity index (χ4n) is 2.73. The second kappa shape index (κ2) is 8.54. The lowest BCUT2D eigenvalue weighted by Gasteiger charge is -2.14. The van der Waals surface area contributed by atoms with Gasteiger partial charge in [-0.3, -0.25) is 0 Å². The third-order valence-electron chi connectivity index (χ3n) is 4.40. The molecule has 144 valence electrons. The minimum Gasteiger partial charge on any atom is -0.493 e. The molecular weight excluding hydrogens is 362 g/mol. The van der Waals surface area contributed by atoms with Crippen molar-refractivity contribution < 1.29 is 14.0 Å². The molecular formula is C20H25N3O3S. The lowest BCUT2D eigenvalue weighted by Crippen LogP contribution is -2.18. The van der Waals surface area contributed by atoms with Crippen molar-refractivity contribution in [3.8, 4) is 11.5 Å². The third-order valence-corrected chi connectivity index (χ3v) is 5.55. The molecule has 3 rings (SSSR count). The first-order valence-corrected chi connectivity index (χ1v) is 9.72. The predicted octanol–water partition coefficient (Wildman–Crippen LogP) is 4.49. The molecule has 0 bridgehead atoms. The van der Waals surface area contributed by atoms with Crippen molar-refractivity contribution in [1.82, 2.24) is 15.5 Å². The summed E-state index contributed by atoms with van der Waals surface area (Å²) in [6, 6.07) is 6.17. The van der Waals surface area contributed by atoms with Crippen LogP contribution in [0.5, 0.6) is 11.5 Å². The number of methoxy groups -OCH3 is 1. The number of benzene rings is 1. The number of ether oxygens (including phenoxy) is 2. The van der Waals surface area contributed by atoms with Gasteiger partial charge >= 0.3 is 0 Å². The molecule has 7 heteroatoms. The summed E-state index contributed by atoms with van der Waals surface area (Å²) in [5.74, 6) is 2.18. The highest BCUT2D eigenvalue weighted by atomic mass is 32.1. The van der Waals surface area contributed by atoms with Gasteiger partial charge in [0.05, 0.1) is 24.4 Å². The fourth-order valence-corrected chi connectivity index (χ4v) is 3.56. The summed E-state index contributed by atoms with van der Waals surface area (Å²) in [5, 5.41) is 10.6. The van der Waals surface area contributed by atoms with E-state index in [-0.39, 0.29) is 6.04 Å². The van der Waals surface area contributed by atoms with Gasteiger partial charge < -0.3 is 19.3 Å². The Bertz CT molecular complexity index is 884. The zero-order valence-electron chi connectivity index (χ0n) is 16.3. The lowest BCUT2D eigenvalue weighted by atomic mass is 10.2. The first-order chi connectivity index (χ1) is 13.0. The van der Waals surface area contributed by atoms with Crippen molar-refractivity contribution >= 4 is 11.3 Å². The lowest BCUT2D eigenvalue weighted by molar-refractivity contribution is 0.281. The van der Waals surface area contributed by atoms with Gasteiger partial charge in [-0.15, -0.1) is 11.3 Å². The van der Waals surface area contributed by atoms with E-state index in [1.807, 2.05) is 39.0 Å². The van der Waals surface area contributed by atoms with Crippen LogP contribution in [0.15, 0.2) is 28.1 Å². The molecule has 2 heterocycles. The van der Waals surface area contributed by atoms with E-state index in [4.69, 9.17) is 14.0 Å². The van der Waals surface area contributed by atoms with Crippen LogP contribution in [0.25, 0.3) is 0 Å². The molecule has 0 aliphatic heterocycles. The minimum absolute atomic E-state index is 0.199. The van der Waals surface area contributed by atoms with Crippen LogP contribution in [0.1, 0.15) is 46.2 Å². The number of hydrogen-bond donors (Lipinski definition) is 1. The number of nitrogens with one attached hydrogen (secondary N) is 1. The van der Waals surface area contributed by atoms with Crippen LogP contribution in [-0.4, -0.2) is 17.3 Å². The second-order valence-corrected chi connectivity index (χ2v) is 7.40. The fraction of sp³-hybridized carbons (Fsp3) is 0.400. The number of aromatic nitrogens is 2. The molecule has 0 fully saturated rings. The molecule has 1 N–H and O–H groups in total. The van der Waals surface area contributed by atoms with Gasteiger partial charge in [-0.1, -0.05) is 11.2 Å². The minimum atomic E-state index is 0.199. The Labute approximate surface area is 163 Å². The Morgan fingerprint density at radius 2 is 2.04 bits per heavy atom. The average Bonchev–Trinajstić information content (AvgIpc) is 3.24. The molecule has 1 aromatic carbocycles. The summed E-state index contributed by atoms with van der Waals surface area (Å²) < 4.78 is 16.6. The summed E-state index contributed by atoms with van der Waals surface area (Å²) in [7, 11) is 1.65. The SMILES string of the molecule is COc1cc(CNC(C)c2nc(C)cs2)ccc1OCc1c(C)noc1C. The molecule has 0 saturated heterocycles. The molecule has 1 unspecified atom stereocenters. The molecule has 0 radical (unpaired) electrons. The van der Waals surface area contributed by atoms with Crippen LogP contribution in [0, 0.1) is 20.8 Å². The van der Waals surface area contributed by atoms with Crippen LogP contribution in [0.3, 0.4) is 0 Å². The number of hydrogen-bond acceptors (Lipinski definition) is 7. The normalized spacial score (nSPS) is 12.2. The topological polar surface area (TPSA) is 69.4 Å². The maximum Gasteiger partial charge on any atom is 0.161 e. The summed E-state index contributed by atoms with van der Waals surface area (Å²) in [4.78, 5) is 4.53. The van der Waals surface area contributed by atoms with Crippen molar-refractivity contribution in [2.24, 2.45) is 0 Å². The zero-order valence-corrected chi connectivity index (χ0v) is 17.1.